The van der Waals surface area contributed by atoms with E-state index in [1.54, 1.807) is 36.6 Å². The van der Waals surface area contributed by atoms with Crippen molar-refractivity contribution in [2.45, 2.75) is 25.9 Å². The number of nitrogens with two attached hydrogens (primary N) is 1. The van der Waals surface area contributed by atoms with Gasteiger partial charge in [0.25, 0.3) is 0 Å². The molecular formula is C13H17N5O2S. The fraction of sp³-hybridized carbons (Fsp3) is 0.385. The molecule has 0 radical (unpaired) electrons. The molecule has 0 atom stereocenters. The predicted molar refractivity (Wildman–Crippen MR) is 80.9 cm³/mol. The van der Waals surface area contributed by atoms with Gasteiger partial charge in [-0.1, -0.05) is 6.07 Å². The Labute approximate surface area is 123 Å². The first-order chi connectivity index (χ1) is 9.63. The van der Waals surface area contributed by atoms with E-state index in [9.17, 15) is 8.42 Å². The molecule has 0 fully saturated rings. The lowest BCUT2D eigenvalue weighted by Crippen LogP contribution is -2.46. The van der Waals surface area contributed by atoms with Crippen LogP contribution in [0.25, 0.3) is 11.0 Å². The summed E-state index contributed by atoms with van der Waals surface area (Å²) in [6.07, 6.45) is 1.11. The van der Waals surface area contributed by atoms with Gasteiger partial charge in [0.1, 0.15) is 11.6 Å². The normalized spacial score (nSPS) is 12.5. The summed E-state index contributed by atoms with van der Waals surface area (Å²) >= 11 is 0. The molecule has 0 amide bonds. The van der Waals surface area contributed by atoms with Gasteiger partial charge in [-0.2, -0.15) is 5.26 Å². The number of hydrogen-bond donors (Lipinski definition) is 2. The van der Waals surface area contributed by atoms with Crippen LogP contribution >= 0.6 is 0 Å². The molecule has 0 bridgehead atoms. The fourth-order valence-electron chi connectivity index (χ4n) is 2.35. The van der Waals surface area contributed by atoms with E-state index in [1.807, 2.05) is 0 Å². The number of rotatable bonds is 4. The van der Waals surface area contributed by atoms with Gasteiger partial charge < -0.3 is 10.3 Å². The molecule has 0 spiro atoms. The number of aromatic nitrogens is 2. The second-order valence-electron chi connectivity index (χ2n) is 5.60. The zero-order valence-corrected chi connectivity index (χ0v) is 12.9. The first-order valence-electron chi connectivity index (χ1n) is 6.27. The summed E-state index contributed by atoms with van der Waals surface area (Å²) in [5.74, 6) is 0.246. The van der Waals surface area contributed by atoms with Crippen LogP contribution in [0.1, 0.15) is 19.4 Å². The van der Waals surface area contributed by atoms with Gasteiger partial charge in [-0.25, -0.2) is 18.1 Å². The monoisotopic (exact) mass is 307 g/mol. The van der Waals surface area contributed by atoms with Gasteiger partial charge >= 0.3 is 0 Å². The zero-order valence-electron chi connectivity index (χ0n) is 12.1. The van der Waals surface area contributed by atoms with E-state index in [2.05, 4.69) is 15.8 Å². The molecule has 1 aromatic carbocycles. The Morgan fingerprint density at radius 3 is 2.71 bits per heavy atom. The van der Waals surface area contributed by atoms with Crippen molar-refractivity contribution in [2.24, 2.45) is 0 Å². The lowest BCUT2D eigenvalue weighted by Gasteiger charge is -2.26. The topological polar surface area (TPSA) is 114 Å². The molecular weight excluding hydrogens is 290 g/mol. The van der Waals surface area contributed by atoms with Gasteiger partial charge in [0.05, 0.1) is 17.3 Å². The zero-order chi connectivity index (χ0) is 15.8. The number of nitrogens with zero attached hydrogens (tertiary/aromatic N) is 3. The molecule has 8 heteroatoms. The van der Waals surface area contributed by atoms with Gasteiger partial charge in [-0.15, -0.1) is 0 Å². The molecule has 3 N–H and O–H groups in total. The summed E-state index contributed by atoms with van der Waals surface area (Å²) < 4.78 is 27.1. The quantitative estimate of drug-likeness (QED) is 0.868. The number of nitrogens with one attached hydrogen (secondary N) is 1. The van der Waals surface area contributed by atoms with Gasteiger partial charge in [-0.3, -0.25) is 0 Å². The van der Waals surface area contributed by atoms with Crippen LogP contribution in [-0.4, -0.2) is 29.8 Å². The van der Waals surface area contributed by atoms with Crippen molar-refractivity contribution in [3.63, 3.8) is 0 Å². The fourth-order valence-corrected chi connectivity index (χ4v) is 3.42. The maximum atomic E-state index is 11.4. The number of nitriles is 1. The highest BCUT2D eigenvalue weighted by atomic mass is 32.2. The first-order valence-corrected chi connectivity index (χ1v) is 8.16. The molecule has 2 aromatic rings. The molecule has 0 aliphatic rings. The van der Waals surface area contributed by atoms with Crippen molar-refractivity contribution in [3.8, 4) is 6.07 Å². The highest BCUT2D eigenvalue weighted by Gasteiger charge is 2.25. The van der Waals surface area contributed by atoms with Crippen LogP contribution < -0.4 is 10.5 Å². The van der Waals surface area contributed by atoms with Crippen LogP contribution in [0.4, 0.5) is 5.95 Å². The average Bonchev–Trinajstić information content (AvgIpc) is 2.62. The molecule has 7 nitrogen and oxygen atoms in total. The number of benzene rings is 1. The minimum Gasteiger partial charge on any atom is -0.369 e. The molecule has 0 unspecified atom stereocenters. The van der Waals surface area contributed by atoms with Crippen LogP contribution in [0.2, 0.25) is 0 Å². The molecule has 21 heavy (non-hydrogen) atoms. The van der Waals surface area contributed by atoms with E-state index in [1.165, 1.54) is 0 Å². The third-order valence-electron chi connectivity index (χ3n) is 2.94. The minimum atomic E-state index is -3.34. The highest BCUT2D eigenvalue weighted by Crippen LogP contribution is 2.23. The second-order valence-corrected chi connectivity index (χ2v) is 7.35. The molecule has 0 aliphatic carbocycles. The summed E-state index contributed by atoms with van der Waals surface area (Å²) in [5.41, 5.74) is 6.84. The third-order valence-corrected chi connectivity index (χ3v) is 3.87. The Kier molecular flexibility index (Phi) is 3.65. The smallest absolute Gasteiger partial charge is 0.209 e. The van der Waals surface area contributed by atoms with Gasteiger partial charge in [0, 0.05) is 12.1 Å². The first kappa shape index (κ1) is 15.3. The van der Waals surface area contributed by atoms with Crippen LogP contribution in [0.15, 0.2) is 18.2 Å². The van der Waals surface area contributed by atoms with Crippen molar-refractivity contribution in [1.29, 1.82) is 5.26 Å². The van der Waals surface area contributed by atoms with Crippen molar-refractivity contribution >= 4 is 27.0 Å². The Morgan fingerprint density at radius 1 is 1.48 bits per heavy atom. The molecule has 2 rings (SSSR count). The summed E-state index contributed by atoms with van der Waals surface area (Å²) in [7, 11) is -3.34. The second kappa shape index (κ2) is 5.02. The molecule has 1 aromatic heterocycles. The summed E-state index contributed by atoms with van der Waals surface area (Å²) in [5, 5.41) is 9.09. The van der Waals surface area contributed by atoms with E-state index in [0.29, 0.717) is 23.1 Å². The van der Waals surface area contributed by atoms with E-state index in [0.717, 1.165) is 6.26 Å². The van der Waals surface area contributed by atoms with Crippen molar-refractivity contribution in [1.82, 2.24) is 14.3 Å². The van der Waals surface area contributed by atoms with Crippen molar-refractivity contribution < 1.29 is 8.42 Å². The number of para-hydroxylation sites is 1. The summed E-state index contributed by atoms with van der Waals surface area (Å²) in [6.45, 7) is 3.82. The van der Waals surface area contributed by atoms with Crippen LogP contribution in [0.3, 0.4) is 0 Å². The number of fused-ring (bicyclic) bond motifs is 1. The minimum absolute atomic E-state index is 0.246. The van der Waals surface area contributed by atoms with Gasteiger partial charge in [-0.05, 0) is 26.0 Å². The standard InChI is InChI=1S/C13H17N5O2S/c1-13(2,17-21(3,19)20)8-18-10-6-4-5-9(7-14)11(10)16-12(18)15/h4-6,17H,8H2,1-3H3,(H2,15,16). The van der Waals surface area contributed by atoms with Crippen LogP contribution in [-0.2, 0) is 16.6 Å². The van der Waals surface area contributed by atoms with Crippen LogP contribution in [0.5, 0.6) is 0 Å². The molecule has 112 valence electrons. The Hall–Kier alpha value is -2.11. The maximum absolute atomic E-state index is 11.4. The predicted octanol–water partition coefficient (Wildman–Crippen LogP) is 0.818. The van der Waals surface area contributed by atoms with E-state index >= 15 is 0 Å². The number of anilines is 1. The maximum Gasteiger partial charge on any atom is 0.209 e. The third kappa shape index (κ3) is 3.32. The van der Waals surface area contributed by atoms with Gasteiger partial charge in [0.2, 0.25) is 16.0 Å². The Bertz CT molecular complexity index is 830. The number of hydrogen-bond acceptors (Lipinski definition) is 5. The molecule has 0 aliphatic heterocycles. The SMILES string of the molecule is CC(C)(Cn1c(N)nc2c(C#N)cccc21)NS(C)(=O)=O. The largest absolute Gasteiger partial charge is 0.369 e. The highest BCUT2D eigenvalue weighted by molar-refractivity contribution is 7.88. The lowest BCUT2D eigenvalue weighted by atomic mass is 10.1. The van der Waals surface area contributed by atoms with Crippen LogP contribution in [0, 0.1) is 11.3 Å². The molecule has 0 saturated heterocycles. The Morgan fingerprint density at radius 2 is 2.14 bits per heavy atom. The molecule has 1 heterocycles. The number of sulfonamides is 1. The Balaban J connectivity index is 2.49. The lowest BCUT2D eigenvalue weighted by molar-refractivity contribution is 0.398. The van der Waals surface area contributed by atoms with E-state index < -0.39 is 15.6 Å². The van der Waals surface area contributed by atoms with Crippen molar-refractivity contribution in [2.75, 3.05) is 12.0 Å². The summed E-state index contributed by atoms with van der Waals surface area (Å²) in [4.78, 5) is 4.21. The number of nitrogen functional groups attached to an aromatic ring is 1. The van der Waals surface area contributed by atoms with E-state index in [4.69, 9.17) is 11.0 Å². The van der Waals surface area contributed by atoms with E-state index in [-0.39, 0.29) is 5.95 Å². The average molecular weight is 307 g/mol. The number of imidazole rings is 1. The van der Waals surface area contributed by atoms with Crippen molar-refractivity contribution in [3.05, 3.63) is 23.8 Å². The molecule has 0 saturated carbocycles. The summed E-state index contributed by atoms with van der Waals surface area (Å²) in [6, 6.07) is 7.28. The van der Waals surface area contributed by atoms with Gasteiger partial charge in [0.15, 0.2) is 0 Å².